The molecule has 1 amide bonds. The third kappa shape index (κ3) is 2.80. The minimum Gasteiger partial charge on any atom is -0.478 e. The van der Waals surface area contributed by atoms with Crippen molar-refractivity contribution in [1.29, 1.82) is 0 Å². The van der Waals surface area contributed by atoms with E-state index < -0.39 is 11.9 Å². The molecule has 0 aliphatic carbocycles. The van der Waals surface area contributed by atoms with Gasteiger partial charge in [0, 0.05) is 5.02 Å². The highest BCUT2D eigenvalue weighted by Crippen LogP contribution is 2.30. The number of rotatable bonds is 3. The predicted molar refractivity (Wildman–Crippen MR) is 65.6 cm³/mol. The van der Waals surface area contributed by atoms with Gasteiger partial charge in [0.15, 0.2) is 0 Å². The van der Waals surface area contributed by atoms with Crippen LogP contribution in [-0.4, -0.2) is 37.6 Å². The lowest BCUT2D eigenvalue weighted by atomic mass is 10.1. The average Bonchev–Trinajstić information content (AvgIpc) is 2.85. The minimum absolute atomic E-state index is 0.0123. The Morgan fingerprint density at radius 1 is 1.32 bits per heavy atom. The Morgan fingerprint density at radius 3 is 2.63 bits per heavy atom. The molecular formula is C9H5Cl2N5O3. The number of aromatic amines is 1. The highest BCUT2D eigenvalue weighted by atomic mass is 35.5. The number of amides is 1. The number of halogens is 2. The number of carbonyl (C=O) groups excluding carboxylic acids is 1. The van der Waals surface area contributed by atoms with Gasteiger partial charge in [0.05, 0.1) is 16.3 Å². The molecule has 0 atom stereocenters. The summed E-state index contributed by atoms with van der Waals surface area (Å²) in [6.45, 7) is 0. The van der Waals surface area contributed by atoms with Gasteiger partial charge in [0.2, 0.25) is 0 Å². The van der Waals surface area contributed by atoms with Crippen molar-refractivity contribution in [2.75, 3.05) is 5.32 Å². The van der Waals surface area contributed by atoms with Crippen LogP contribution in [0, 0.1) is 0 Å². The zero-order valence-electron chi connectivity index (χ0n) is 9.02. The van der Waals surface area contributed by atoms with Crippen molar-refractivity contribution in [2.45, 2.75) is 0 Å². The molecule has 2 aromatic rings. The fraction of sp³-hybridized carbons (Fsp3) is 0. The van der Waals surface area contributed by atoms with E-state index in [9.17, 15) is 9.59 Å². The van der Waals surface area contributed by atoms with Crippen molar-refractivity contribution in [3.63, 3.8) is 0 Å². The Morgan fingerprint density at radius 2 is 2.05 bits per heavy atom. The maximum absolute atomic E-state index is 11.7. The summed E-state index contributed by atoms with van der Waals surface area (Å²) in [5.74, 6) is -2.28. The van der Waals surface area contributed by atoms with Gasteiger partial charge in [-0.1, -0.05) is 23.2 Å². The number of carboxylic acid groups (broad SMARTS) is 1. The normalized spacial score (nSPS) is 10.2. The van der Waals surface area contributed by atoms with Gasteiger partial charge in [-0.3, -0.25) is 4.79 Å². The molecule has 1 heterocycles. The molecule has 1 aromatic carbocycles. The Bertz CT molecular complexity index is 644. The van der Waals surface area contributed by atoms with Crippen LogP contribution < -0.4 is 5.32 Å². The third-order valence-electron chi connectivity index (χ3n) is 2.07. The molecule has 0 spiro atoms. The van der Waals surface area contributed by atoms with Crippen molar-refractivity contribution in [3.8, 4) is 0 Å². The highest BCUT2D eigenvalue weighted by molar-refractivity contribution is 6.38. The molecule has 0 fully saturated rings. The number of tetrazole rings is 1. The molecule has 98 valence electrons. The second-order valence-corrected chi connectivity index (χ2v) is 4.15. The number of anilines is 1. The van der Waals surface area contributed by atoms with Gasteiger partial charge in [-0.25, -0.2) is 4.79 Å². The number of H-pyrrole nitrogens is 1. The van der Waals surface area contributed by atoms with Crippen molar-refractivity contribution in [2.24, 2.45) is 0 Å². The lowest BCUT2D eigenvalue weighted by molar-refractivity contribution is 0.0698. The number of carboxylic acids is 1. The average molecular weight is 302 g/mol. The first-order valence-corrected chi connectivity index (χ1v) is 5.51. The molecule has 0 radical (unpaired) electrons. The molecule has 0 aliphatic heterocycles. The number of hydrogen-bond acceptors (Lipinski definition) is 5. The first kappa shape index (κ1) is 13.2. The number of nitrogens with zero attached hydrogens (tertiary/aromatic N) is 3. The van der Waals surface area contributed by atoms with E-state index in [0.717, 1.165) is 0 Å². The number of carbonyl (C=O) groups is 2. The van der Waals surface area contributed by atoms with Crippen molar-refractivity contribution < 1.29 is 14.7 Å². The Kier molecular flexibility index (Phi) is 3.63. The lowest BCUT2D eigenvalue weighted by Gasteiger charge is -2.09. The largest absolute Gasteiger partial charge is 0.478 e. The summed E-state index contributed by atoms with van der Waals surface area (Å²) >= 11 is 11.6. The summed E-state index contributed by atoms with van der Waals surface area (Å²) in [7, 11) is 0. The van der Waals surface area contributed by atoms with Gasteiger partial charge in [-0.15, -0.1) is 10.2 Å². The molecular weight excluding hydrogens is 297 g/mol. The summed E-state index contributed by atoms with van der Waals surface area (Å²) in [5, 5.41) is 23.7. The zero-order valence-corrected chi connectivity index (χ0v) is 10.5. The topological polar surface area (TPSA) is 121 Å². The summed E-state index contributed by atoms with van der Waals surface area (Å²) in [6, 6.07) is 2.48. The molecule has 3 N–H and O–H groups in total. The van der Waals surface area contributed by atoms with Crippen molar-refractivity contribution >= 4 is 40.8 Å². The van der Waals surface area contributed by atoms with Crippen LogP contribution in [0.1, 0.15) is 21.0 Å². The number of aromatic carboxylic acids is 1. The molecule has 0 unspecified atom stereocenters. The van der Waals surface area contributed by atoms with Crippen LogP contribution in [0.2, 0.25) is 10.0 Å². The van der Waals surface area contributed by atoms with Gasteiger partial charge in [-0.05, 0) is 17.3 Å². The Labute approximate surface area is 115 Å². The number of nitrogens with one attached hydrogen (secondary N) is 2. The Hall–Kier alpha value is -2.19. The smallest absolute Gasteiger partial charge is 0.337 e. The van der Waals surface area contributed by atoms with Crippen LogP contribution in [-0.2, 0) is 0 Å². The van der Waals surface area contributed by atoms with E-state index in [-0.39, 0.29) is 27.1 Å². The maximum Gasteiger partial charge on any atom is 0.337 e. The molecule has 0 aliphatic rings. The number of hydrogen-bond donors (Lipinski definition) is 3. The first-order valence-electron chi connectivity index (χ1n) is 4.76. The third-order valence-corrected chi connectivity index (χ3v) is 2.59. The molecule has 19 heavy (non-hydrogen) atoms. The van der Waals surface area contributed by atoms with Gasteiger partial charge in [0.25, 0.3) is 11.7 Å². The monoisotopic (exact) mass is 301 g/mol. The van der Waals surface area contributed by atoms with Gasteiger partial charge < -0.3 is 10.4 Å². The van der Waals surface area contributed by atoms with E-state index in [1.165, 1.54) is 12.1 Å². The first-order chi connectivity index (χ1) is 8.99. The van der Waals surface area contributed by atoms with Gasteiger partial charge in [0.1, 0.15) is 0 Å². The highest BCUT2D eigenvalue weighted by Gasteiger charge is 2.19. The molecule has 2 rings (SSSR count). The molecule has 0 saturated carbocycles. The summed E-state index contributed by atoms with van der Waals surface area (Å²) < 4.78 is 0. The SMILES string of the molecule is O=C(Nc1c(Cl)cc(Cl)cc1C(=O)O)c1nn[nH]n1. The van der Waals surface area contributed by atoms with Crippen molar-refractivity contribution in [3.05, 3.63) is 33.6 Å². The van der Waals surface area contributed by atoms with Crippen LogP contribution in [0.25, 0.3) is 0 Å². The quantitative estimate of drug-likeness (QED) is 0.789. The van der Waals surface area contributed by atoms with E-state index in [2.05, 4.69) is 25.9 Å². The second-order valence-electron chi connectivity index (χ2n) is 3.30. The zero-order chi connectivity index (χ0) is 14.0. The predicted octanol–water partition coefficient (Wildman–Crippen LogP) is 1.46. The number of aromatic nitrogens is 4. The molecule has 0 saturated heterocycles. The fourth-order valence-electron chi connectivity index (χ4n) is 1.30. The van der Waals surface area contributed by atoms with E-state index in [0.29, 0.717) is 0 Å². The van der Waals surface area contributed by atoms with Crippen LogP contribution in [0.5, 0.6) is 0 Å². The van der Waals surface area contributed by atoms with Crippen molar-refractivity contribution in [1.82, 2.24) is 20.6 Å². The van der Waals surface area contributed by atoms with Crippen LogP contribution in [0.4, 0.5) is 5.69 Å². The van der Waals surface area contributed by atoms with E-state index in [1.807, 2.05) is 0 Å². The summed E-state index contributed by atoms with van der Waals surface area (Å²) in [6.07, 6.45) is 0. The fourth-order valence-corrected chi connectivity index (χ4v) is 1.84. The van der Waals surface area contributed by atoms with E-state index >= 15 is 0 Å². The summed E-state index contributed by atoms with van der Waals surface area (Å²) in [4.78, 5) is 22.8. The Balaban J connectivity index is 2.39. The van der Waals surface area contributed by atoms with Crippen LogP contribution >= 0.6 is 23.2 Å². The second kappa shape index (κ2) is 5.21. The molecule has 10 heteroatoms. The van der Waals surface area contributed by atoms with E-state index in [1.54, 1.807) is 0 Å². The standard InChI is InChI=1S/C9H5Cl2N5O3/c10-3-1-4(9(18)19)6(5(11)2-3)12-8(17)7-13-15-16-14-7/h1-2H,(H,12,17)(H,18,19)(H,13,14,15,16). The minimum atomic E-state index is -1.28. The molecule has 1 aromatic heterocycles. The van der Waals surface area contributed by atoms with Crippen LogP contribution in [0.3, 0.4) is 0 Å². The van der Waals surface area contributed by atoms with E-state index in [4.69, 9.17) is 28.3 Å². The lowest BCUT2D eigenvalue weighted by Crippen LogP contribution is -2.16. The number of benzene rings is 1. The molecule has 0 bridgehead atoms. The molecule has 8 nitrogen and oxygen atoms in total. The van der Waals surface area contributed by atoms with Gasteiger partial charge in [-0.2, -0.15) is 5.21 Å². The van der Waals surface area contributed by atoms with Gasteiger partial charge >= 0.3 is 5.97 Å². The van der Waals surface area contributed by atoms with Crippen LogP contribution in [0.15, 0.2) is 12.1 Å². The maximum atomic E-state index is 11.7. The summed E-state index contributed by atoms with van der Waals surface area (Å²) in [5.41, 5.74) is -0.331.